The Hall–Kier alpha value is -0.630. The predicted octanol–water partition coefficient (Wildman–Crippen LogP) is 2.14. The molecule has 0 bridgehead atoms. The standard InChI is InChI=1S/C8H9IN4S/c1-5(7-3-11-4-14-7)13-8(10)6(9)2-12-13/h2-5H,10H2,1H3. The lowest BCUT2D eigenvalue weighted by atomic mass is 10.3. The van der Waals surface area contributed by atoms with Crippen molar-refractivity contribution in [2.24, 2.45) is 0 Å². The lowest BCUT2D eigenvalue weighted by molar-refractivity contribution is 0.580. The summed E-state index contributed by atoms with van der Waals surface area (Å²) in [7, 11) is 0. The van der Waals surface area contributed by atoms with E-state index in [0.717, 1.165) is 8.45 Å². The molecule has 0 aliphatic carbocycles. The van der Waals surface area contributed by atoms with E-state index in [1.807, 2.05) is 16.4 Å². The summed E-state index contributed by atoms with van der Waals surface area (Å²) >= 11 is 3.79. The Bertz CT molecular complexity index is 422. The number of thiazole rings is 1. The molecule has 4 nitrogen and oxygen atoms in total. The molecule has 2 N–H and O–H groups in total. The van der Waals surface area contributed by atoms with Gasteiger partial charge in [-0.05, 0) is 29.5 Å². The number of anilines is 1. The smallest absolute Gasteiger partial charge is 0.135 e. The molecule has 0 radical (unpaired) electrons. The van der Waals surface area contributed by atoms with Gasteiger partial charge in [0.1, 0.15) is 5.82 Å². The van der Waals surface area contributed by atoms with E-state index in [1.54, 1.807) is 17.5 Å². The summed E-state index contributed by atoms with van der Waals surface area (Å²) in [4.78, 5) is 5.20. The zero-order valence-corrected chi connectivity index (χ0v) is 10.5. The van der Waals surface area contributed by atoms with Crippen LogP contribution in [-0.2, 0) is 0 Å². The first-order chi connectivity index (χ1) is 6.70. The van der Waals surface area contributed by atoms with Gasteiger partial charge in [-0.25, -0.2) is 4.68 Å². The van der Waals surface area contributed by atoms with Crippen LogP contribution in [0.4, 0.5) is 5.82 Å². The van der Waals surface area contributed by atoms with Crippen molar-refractivity contribution in [2.75, 3.05) is 5.73 Å². The van der Waals surface area contributed by atoms with Crippen molar-refractivity contribution in [1.82, 2.24) is 14.8 Å². The van der Waals surface area contributed by atoms with Crippen molar-refractivity contribution in [3.63, 3.8) is 0 Å². The number of hydrogen-bond acceptors (Lipinski definition) is 4. The second-order valence-corrected chi connectivity index (χ2v) is 4.98. The number of nitrogens with two attached hydrogens (primary N) is 1. The highest BCUT2D eigenvalue weighted by Gasteiger charge is 2.14. The number of aromatic nitrogens is 3. The van der Waals surface area contributed by atoms with Crippen LogP contribution in [0.5, 0.6) is 0 Å². The molecule has 2 heterocycles. The van der Waals surface area contributed by atoms with Crippen LogP contribution in [0.1, 0.15) is 17.8 Å². The molecule has 0 spiro atoms. The number of rotatable bonds is 2. The lowest BCUT2D eigenvalue weighted by Crippen LogP contribution is -2.10. The normalized spacial score (nSPS) is 13.0. The monoisotopic (exact) mass is 320 g/mol. The Morgan fingerprint density at radius 3 is 2.86 bits per heavy atom. The van der Waals surface area contributed by atoms with Gasteiger partial charge in [-0.3, -0.25) is 4.98 Å². The number of hydrogen-bond donors (Lipinski definition) is 1. The largest absolute Gasteiger partial charge is 0.383 e. The van der Waals surface area contributed by atoms with E-state index in [-0.39, 0.29) is 6.04 Å². The summed E-state index contributed by atoms with van der Waals surface area (Å²) in [6, 6.07) is 0.158. The molecule has 74 valence electrons. The summed E-state index contributed by atoms with van der Waals surface area (Å²) < 4.78 is 2.80. The maximum absolute atomic E-state index is 5.89. The summed E-state index contributed by atoms with van der Waals surface area (Å²) in [6.07, 6.45) is 3.62. The first kappa shape index (κ1) is 9.91. The molecule has 0 aliphatic rings. The van der Waals surface area contributed by atoms with Crippen LogP contribution in [0, 0.1) is 3.57 Å². The van der Waals surface area contributed by atoms with Crippen LogP contribution < -0.4 is 5.73 Å². The molecule has 1 atom stereocenters. The topological polar surface area (TPSA) is 56.7 Å². The molecule has 0 saturated heterocycles. The van der Waals surface area contributed by atoms with E-state index in [9.17, 15) is 0 Å². The van der Waals surface area contributed by atoms with Crippen molar-refractivity contribution in [3.05, 3.63) is 26.4 Å². The maximum Gasteiger partial charge on any atom is 0.135 e. The Morgan fingerprint density at radius 1 is 1.57 bits per heavy atom. The second-order valence-electron chi connectivity index (χ2n) is 2.90. The first-order valence-electron chi connectivity index (χ1n) is 4.07. The molecule has 0 aliphatic heterocycles. The molecule has 14 heavy (non-hydrogen) atoms. The zero-order chi connectivity index (χ0) is 10.1. The molecule has 1 unspecified atom stereocenters. The first-order valence-corrected chi connectivity index (χ1v) is 6.03. The van der Waals surface area contributed by atoms with E-state index < -0.39 is 0 Å². The second kappa shape index (κ2) is 3.85. The van der Waals surface area contributed by atoms with Crippen LogP contribution in [-0.4, -0.2) is 14.8 Å². The van der Waals surface area contributed by atoms with Crippen molar-refractivity contribution in [3.8, 4) is 0 Å². The molecule has 0 amide bonds. The Morgan fingerprint density at radius 2 is 2.36 bits per heavy atom. The fourth-order valence-electron chi connectivity index (χ4n) is 1.21. The van der Waals surface area contributed by atoms with Gasteiger partial charge in [-0.2, -0.15) is 5.10 Å². The molecule has 0 saturated carbocycles. The van der Waals surface area contributed by atoms with Crippen molar-refractivity contribution < 1.29 is 0 Å². The average molecular weight is 320 g/mol. The van der Waals surface area contributed by atoms with Gasteiger partial charge < -0.3 is 5.73 Å². The van der Waals surface area contributed by atoms with E-state index in [0.29, 0.717) is 5.82 Å². The lowest BCUT2D eigenvalue weighted by Gasteiger charge is -2.11. The SMILES string of the molecule is CC(c1cncs1)n1ncc(I)c1N. The van der Waals surface area contributed by atoms with Crippen LogP contribution in [0.15, 0.2) is 17.9 Å². The molecule has 2 rings (SSSR count). The van der Waals surface area contributed by atoms with E-state index in [2.05, 4.69) is 39.6 Å². The highest BCUT2D eigenvalue weighted by Crippen LogP contribution is 2.25. The predicted molar refractivity (Wildman–Crippen MR) is 65.3 cm³/mol. The van der Waals surface area contributed by atoms with E-state index >= 15 is 0 Å². The molecular formula is C8H9IN4S. The maximum atomic E-state index is 5.89. The molecule has 2 aromatic heterocycles. The van der Waals surface area contributed by atoms with Gasteiger partial charge >= 0.3 is 0 Å². The van der Waals surface area contributed by atoms with Gasteiger partial charge in [0, 0.05) is 11.1 Å². The fourth-order valence-corrected chi connectivity index (χ4v) is 2.25. The third-order valence-electron chi connectivity index (χ3n) is 2.02. The van der Waals surface area contributed by atoms with Crippen LogP contribution in [0.3, 0.4) is 0 Å². The fraction of sp³-hybridized carbons (Fsp3) is 0.250. The molecule has 0 fully saturated rings. The van der Waals surface area contributed by atoms with E-state index in [1.165, 1.54) is 0 Å². The van der Waals surface area contributed by atoms with Crippen LogP contribution >= 0.6 is 33.9 Å². The Kier molecular flexibility index (Phi) is 2.73. The third-order valence-corrected chi connectivity index (χ3v) is 3.79. The number of nitrogens with zero attached hydrogens (tertiary/aromatic N) is 3. The summed E-state index contributed by atoms with van der Waals surface area (Å²) in [5.41, 5.74) is 7.70. The van der Waals surface area contributed by atoms with Gasteiger partial charge in [0.15, 0.2) is 0 Å². The highest BCUT2D eigenvalue weighted by atomic mass is 127. The minimum Gasteiger partial charge on any atom is -0.383 e. The van der Waals surface area contributed by atoms with Gasteiger partial charge in [0.05, 0.1) is 21.3 Å². The molecular weight excluding hydrogens is 311 g/mol. The van der Waals surface area contributed by atoms with Gasteiger partial charge in [-0.1, -0.05) is 0 Å². The van der Waals surface area contributed by atoms with E-state index in [4.69, 9.17) is 5.73 Å². The van der Waals surface area contributed by atoms with Crippen molar-refractivity contribution >= 4 is 39.7 Å². The minimum absolute atomic E-state index is 0.158. The Balaban J connectivity index is 2.36. The molecule has 6 heteroatoms. The van der Waals surface area contributed by atoms with Crippen molar-refractivity contribution in [2.45, 2.75) is 13.0 Å². The summed E-state index contributed by atoms with van der Waals surface area (Å²) in [6.45, 7) is 2.06. The highest BCUT2D eigenvalue weighted by molar-refractivity contribution is 14.1. The van der Waals surface area contributed by atoms with Crippen LogP contribution in [0.25, 0.3) is 0 Å². The van der Waals surface area contributed by atoms with Gasteiger partial charge in [-0.15, -0.1) is 11.3 Å². The summed E-state index contributed by atoms with van der Waals surface area (Å²) in [5, 5.41) is 4.23. The molecule has 2 aromatic rings. The van der Waals surface area contributed by atoms with Crippen LogP contribution in [0.2, 0.25) is 0 Å². The summed E-state index contributed by atoms with van der Waals surface area (Å²) in [5.74, 6) is 0.714. The minimum atomic E-state index is 0.158. The average Bonchev–Trinajstić information content (AvgIpc) is 2.77. The zero-order valence-electron chi connectivity index (χ0n) is 7.51. The Labute approximate surface area is 99.3 Å². The quantitative estimate of drug-likeness (QED) is 0.863. The third kappa shape index (κ3) is 1.63. The van der Waals surface area contributed by atoms with Gasteiger partial charge in [0.25, 0.3) is 0 Å². The number of nitrogen functional groups attached to an aromatic ring is 1. The van der Waals surface area contributed by atoms with Gasteiger partial charge in [0.2, 0.25) is 0 Å². The van der Waals surface area contributed by atoms with Crippen molar-refractivity contribution in [1.29, 1.82) is 0 Å². The molecule has 0 aromatic carbocycles. The number of halogens is 1.